The molecule has 3 rings (SSSR count). The van der Waals surface area contributed by atoms with Crippen LogP contribution < -0.4 is 10.0 Å². The summed E-state index contributed by atoms with van der Waals surface area (Å²) >= 11 is 12.9. The van der Waals surface area contributed by atoms with E-state index in [1.54, 1.807) is 6.07 Å². The monoisotopic (exact) mass is 580 g/mol. The predicted molar refractivity (Wildman–Crippen MR) is 165 cm³/mol. The third kappa shape index (κ3) is 8.71. The van der Waals surface area contributed by atoms with Crippen LogP contribution in [0.1, 0.15) is 81.9 Å². The summed E-state index contributed by atoms with van der Waals surface area (Å²) < 4.78 is 22.4. The zero-order chi connectivity index (χ0) is 27.5. The molecule has 0 spiro atoms. The molecule has 0 radical (unpaired) electrons. The van der Waals surface area contributed by atoms with Gasteiger partial charge in [-0.05, 0) is 90.8 Å². The van der Waals surface area contributed by atoms with Gasteiger partial charge >= 0.3 is 0 Å². The lowest BCUT2D eigenvalue weighted by molar-refractivity contribution is 0.0766. The highest BCUT2D eigenvalue weighted by Crippen LogP contribution is 2.39. The van der Waals surface area contributed by atoms with Gasteiger partial charge in [-0.25, -0.2) is 8.93 Å². The highest BCUT2D eigenvalue weighted by atomic mass is 35.5. The topological polar surface area (TPSA) is 50.4 Å². The molecule has 1 aliphatic rings. The Kier molecular flexibility index (Phi) is 12.9. The van der Waals surface area contributed by atoms with Gasteiger partial charge in [-0.15, -0.1) is 0 Å². The maximum absolute atomic E-state index is 13.4. The molecule has 4 nitrogen and oxygen atoms in total. The molecule has 212 valence electrons. The van der Waals surface area contributed by atoms with E-state index in [9.17, 15) is 4.21 Å². The molecule has 0 bridgehead atoms. The van der Waals surface area contributed by atoms with Crippen molar-refractivity contribution in [2.45, 2.75) is 76.5 Å². The van der Waals surface area contributed by atoms with Crippen molar-refractivity contribution in [2.75, 3.05) is 32.8 Å². The Morgan fingerprint density at radius 3 is 2.47 bits per heavy atom. The average Bonchev–Trinajstić information content (AvgIpc) is 2.88. The Bertz CT molecular complexity index is 1120. The second-order valence-corrected chi connectivity index (χ2v) is 13.4. The van der Waals surface area contributed by atoms with E-state index in [-0.39, 0.29) is 5.92 Å². The first-order chi connectivity index (χ1) is 18.3. The molecule has 38 heavy (non-hydrogen) atoms. The molecule has 3 unspecified atom stereocenters. The van der Waals surface area contributed by atoms with Crippen molar-refractivity contribution in [1.82, 2.24) is 10.0 Å². The van der Waals surface area contributed by atoms with Crippen molar-refractivity contribution < 1.29 is 8.95 Å². The standard InChI is InChI=1S/C31H46Cl2N2O2S/c1-5-9-23-12-13-24(23)14-18-37-19-17-34-15-16-35-38(4,36)27-11-8-10-25(20-27)28(6-2)30-21-26(32)22-31(33)29(30)7-3/h8,10-11,20-24,28,34H,4-7,9,12-19H2,1-3H3,(H,35,36)/t23?,24?,28-,38?/m0/s1. The molecule has 0 amide bonds. The Morgan fingerprint density at radius 2 is 1.79 bits per heavy atom. The quantitative estimate of drug-likeness (QED) is 0.150. The van der Waals surface area contributed by atoms with Crippen LogP contribution >= 0.6 is 23.2 Å². The molecule has 1 aliphatic carbocycles. The SMILES string of the molecule is C=S(=O)(NCCNCCOCCC1CCC1CCC)c1cccc([C@H](CC)c2cc(Cl)cc(Cl)c2CC)c1. The average molecular weight is 582 g/mol. The molecule has 0 aromatic heterocycles. The number of ether oxygens (including phenoxy) is 1. The lowest BCUT2D eigenvalue weighted by atomic mass is 9.70. The van der Waals surface area contributed by atoms with Gasteiger partial charge in [-0.2, -0.15) is 0 Å². The minimum absolute atomic E-state index is 0.111. The summed E-state index contributed by atoms with van der Waals surface area (Å²) in [6.45, 7) is 10.2. The maximum Gasteiger partial charge on any atom is 0.0590 e. The van der Waals surface area contributed by atoms with Gasteiger partial charge in [0.2, 0.25) is 0 Å². The molecule has 0 heterocycles. The van der Waals surface area contributed by atoms with Crippen LogP contribution in [0.5, 0.6) is 0 Å². The summed E-state index contributed by atoms with van der Waals surface area (Å²) in [7, 11) is -2.63. The smallest absolute Gasteiger partial charge is 0.0590 e. The van der Waals surface area contributed by atoms with E-state index >= 15 is 0 Å². The summed E-state index contributed by atoms with van der Waals surface area (Å²) in [5.74, 6) is 5.95. The number of hydrogen-bond acceptors (Lipinski definition) is 3. The van der Waals surface area contributed by atoms with Crippen LogP contribution in [0, 0.1) is 11.8 Å². The van der Waals surface area contributed by atoms with E-state index in [0.717, 1.165) is 54.5 Å². The van der Waals surface area contributed by atoms with Crippen molar-refractivity contribution in [2.24, 2.45) is 11.8 Å². The van der Waals surface area contributed by atoms with Crippen LogP contribution in [0.2, 0.25) is 10.0 Å². The van der Waals surface area contributed by atoms with E-state index in [2.05, 4.69) is 42.7 Å². The second-order valence-electron chi connectivity index (χ2n) is 10.4. The van der Waals surface area contributed by atoms with Gasteiger partial charge in [0, 0.05) is 47.1 Å². The molecule has 1 fully saturated rings. The van der Waals surface area contributed by atoms with Crippen LogP contribution in [0.25, 0.3) is 0 Å². The van der Waals surface area contributed by atoms with E-state index in [1.807, 2.05) is 24.3 Å². The summed E-state index contributed by atoms with van der Waals surface area (Å²) in [5, 5.41) is 4.71. The van der Waals surface area contributed by atoms with Crippen LogP contribution in [0.15, 0.2) is 41.3 Å². The Labute approximate surface area is 241 Å². The number of hydrogen-bond donors (Lipinski definition) is 2. The largest absolute Gasteiger partial charge is 0.380 e. The molecule has 2 aromatic rings. The zero-order valence-electron chi connectivity index (χ0n) is 23.4. The van der Waals surface area contributed by atoms with Gasteiger partial charge in [-0.3, -0.25) is 0 Å². The fourth-order valence-corrected chi connectivity index (χ4v) is 7.51. The van der Waals surface area contributed by atoms with E-state index in [0.29, 0.717) is 34.6 Å². The van der Waals surface area contributed by atoms with Crippen molar-refractivity contribution >= 4 is 38.8 Å². The lowest BCUT2D eigenvalue weighted by Gasteiger charge is -2.36. The van der Waals surface area contributed by atoms with E-state index in [1.165, 1.54) is 32.1 Å². The second kappa shape index (κ2) is 15.6. The first kappa shape index (κ1) is 31.4. The van der Waals surface area contributed by atoms with Crippen molar-refractivity contribution in [3.8, 4) is 0 Å². The first-order valence-electron chi connectivity index (χ1n) is 14.3. The molecule has 2 aromatic carbocycles. The van der Waals surface area contributed by atoms with Crippen molar-refractivity contribution in [1.29, 1.82) is 0 Å². The highest BCUT2D eigenvalue weighted by molar-refractivity contribution is 7.98. The summed E-state index contributed by atoms with van der Waals surface area (Å²) in [4.78, 5) is 0.709. The fourth-order valence-electron chi connectivity index (χ4n) is 5.64. The van der Waals surface area contributed by atoms with E-state index < -0.39 is 9.71 Å². The molecule has 1 saturated carbocycles. The maximum atomic E-state index is 13.4. The van der Waals surface area contributed by atoms with Crippen LogP contribution in [0.3, 0.4) is 0 Å². The van der Waals surface area contributed by atoms with Gasteiger partial charge in [-0.1, -0.05) is 68.9 Å². The van der Waals surface area contributed by atoms with Gasteiger partial charge in [0.1, 0.15) is 0 Å². The Balaban J connectivity index is 1.46. The zero-order valence-corrected chi connectivity index (χ0v) is 25.7. The summed E-state index contributed by atoms with van der Waals surface area (Å²) in [5.41, 5.74) is 3.34. The van der Waals surface area contributed by atoms with Gasteiger partial charge in [0.05, 0.1) is 16.3 Å². The Morgan fingerprint density at radius 1 is 1.03 bits per heavy atom. The molecular weight excluding hydrogens is 535 g/mol. The van der Waals surface area contributed by atoms with Crippen LogP contribution in [-0.2, 0) is 20.9 Å². The molecule has 4 atom stereocenters. The van der Waals surface area contributed by atoms with Crippen molar-refractivity contribution in [3.05, 3.63) is 63.1 Å². The van der Waals surface area contributed by atoms with Crippen LogP contribution in [-0.4, -0.2) is 42.9 Å². The number of nitrogens with one attached hydrogen (secondary N) is 2. The third-order valence-electron chi connectivity index (χ3n) is 7.90. The predicted octanol–water partition coefficient (Wildman–Crippen LogP) is 7.50. The molecule has 0 aliphatic heterocycles. The van der Waals surface area contributed by atoms with Gasteiger partial charge < -0.3 is 10.1 Å². The first-order valence-corrected chi connectivity index (χ1v) is 16.8. The normalized spacial score (nSPS) is 19.6. The van der Waals surface area contributed by atoms with Gasteiger partial charge in [0.25, 0.3) is 0 Å². The number of halogens is 2. The van der Waals surface area contributed by atoms with E-state index in [4.69, 9.17) is 27.9 Å². The molecular formula is C31H46Cl2N2O2S. The molecule has 2 N–H and O–H groups in total. The highest BCUT2D eigenvalue weighted by Gasteiger charge is 2.29. The minimum Gasteiger partial charge on any atom is -0.380 e. The molecule has 7 heteroatoms. The summed E-state index contributed by atoms with van der Waals surface area (Å²) in [6, 6.07) is 11.8. The summed E-state index contributed by atoms with van der Waals surface area (Å²) in [6.07, 6.45) is 8.34. The fraction of sp³-hybridized carbons (Fsp3) is 0.581. The lowest BCUT2D eigenvalue weighted by Crippen LogP contribution is -2.33. The molecule has 0 saturated heterocycles. The van der Waals surface area contributed by atoms with Crippen molar-refractivity contribution in [3.63, 3.8) is 0 Å². The number of rotatable bonds is 17. The Hall–Kier alpha value is -1.08. The minimum atomic E-state index is -2.63. The van der Waals surface area contributed by atoms with Gasteiger partial charge in [0.15, 0.2) is 0 Å². The van der Waals surface area contributed by atoms with Crippen LogP contribution in [0.4, 0.5) is 0 Å². The third-order valence-corrected chi connectivity index (χ3v) is 10.1. The number of benzene rings is 2.